The molecule has 0 N–H and O–H groups in total. The first kappa shape index (κ1) is 25.9. The Kier molecular flexibility index (Phi) is 5.20. The van der Waals surface area contributed by atoms with E-state index in [0.29, 0.717) is 0 Å². The van der Waals surface area contributed by atoms with Crippen LogP contribution < -0.4 is 0 Å². The lowest BCUT2D eigenvalue weighted by Gasteiger charge is -2.20. The Balaban J connectivity index is 1.40. The van der Waals surface area contributed by atoms with E-state index < -0.39 is 0 Å². The fraction of sp³-hybridized carbons (Fsp3) is 0. The number of rotatable bonds is 2. The first-order valence-corrected chi connectivity index (χ1v) is 16.8. The average molecular weight is 605 g/mol. The Morgan fingerprint density at radius 2 is 0.604 bits per heavy atom. The first-order valence-electron chi connectivity index (χ1n) is 16.8. The molecule has 0 unspecified atom stereocenters. The molecule has 0 bridgehead atoms. The van der Waals surface area contributed by atoms with Gasteiger partial charge in [0.15, 0.2) is 0 Å². The maximum atomic E-state index is 2.41. The zero-order valence-electron chi connectivity index (χ0n) is 26.2. The SMILES string of the molecule is c1ccc(-c2c3ccccc3c(-c3ccc4c5cccc6ccc7cccc(c8cccc9ccc3c4c98)c7c65)c3ccccc23)cc1. The van der Waals surface area contributed by atoms with Gasteiger partial charge in [-0.1, -0.05) is 170 Å². The van der Waals surface area contributed by atoms with Gasteiger partial charge < -0.3 is 0 Å². The molecule has 220 valence electrons. The van der Waals surface area contributed by atoms with E-state index in [1.165, 1.54) is 108 Å². The summed E-state index contributed by atoms with van der Waals surface area (Å²) in [5.41, 5.74) is 5.11. The maximum Gasteiger partial charge on any atom is -0.00141 e. The van der Waals surface area contributed by atoms with E-state index in [2.05, 4.69) is 170 Å². The summed E-state index contributed by atoms with van der Waals surface area (Å²) in [7, 11) is 0. The number of fused-ring (bicyclic) bond motifs is 4. The van der Waals surface area contributed by atoms with Crippen molar-refractivity contribution in [3.63, 3.8) is 0 Å². The molecule has 0 saturated carbocycles. The maximum absolute atomic E-state index is 2.41. The molecule has 0 heteroatoms. The molecular formula is C48H28. The van der Waals surface area contributed by atoms with Gasteiger partial charge in [-0.15, -0.1) is 0 Å². The summed E-state index contributed by atoms with van der Waals surface area (Å²) in [4.78, 5) is 0. The summed E-state index contributed by atoms with van der Waals surface area (Å²) < 4.78 is 0. The standard InChI is InChI=1S/C48H28/c1-2-11-29(12-3-1)43-33-16-4-6-18-38(33)47(39-19-7-5-17-34(39)43)40-27-28-42-37-22-9-14-31-24-23-30-13-8-20-35(44(30)45(31)37)36-21-10-15-32-25-26-41(40)48(42)46(32)36/h1-28H. The molecule has 11 aromatic carbocycles. The number of hydrogen-bond donors (Lipinski definition) is 0. The van der Waals surface area contributed by atoms with Gasteiger partial charge >= 0.3 is 0 Å². The van der Waals surface area contributed by atoms with Gasteiger partial charge in [-0.25, -0.2) is 0 Å². The van der Waals surface area contributed by atoms with Gasteiger partial charge in [0.2, 0.25) is 0 Å². The molecule has 0 aliphatic rings. The van der Waals surface area contributed by atoms with Crippen molar-refractivity contribution in [2.45, 2.75) is 0 Å². The molecule has 11 rings (SSSR count). The highest BCUT2D eigenvalue weighted by molar-refractivity contribution is 6.38. The topological polar surface area (TPSA) is 0 Å². The highest BCUT2D eigenvalue weighted by Gasteiger charge is 2.21. The predicted octanol–water partition coefficient (Wildman–Crippen LogP) is 13.7. The predicted molar refractivity (Wildman–Crippen MR) is 209 cm³/mol. The number of benzene rings is 10. The lowest BCUT2D eigenvalue weighted by molar-refractivity contribution is 1.67. The highest BCUT2D eigenvalue weighted by atomic mass is 14.2. The molecule has 0 radical (unpaired) electrons. The van der Waals surface area contributed by atoms with Gasteiger partial charge in [-0.05, 0) is 108 Å². The molecule has 0 saturated heterocycles. The van der Waals surface area contributed by atoms with E-state index in [4.69, 9.17) is 0 Å². The molecule has 0 spiro atoms. The quantitative estimate of drug-likeness (QED) is 0.136. The van der Waals surface area contributed by atoms with Crippen LogP contribution in [0.4, 0.5) is 0 Å². The van der Waals surface area contributed by atoms with Crippen LogP contribution >= 0.6 is 0 Å². The van der Waals surface area contributed by atoms with Crippen LogP contribution in [0.1, 0.15) is 0 Å². The molecule has 48 heavy (non-hydrogen) atoms. The van der Waals surface area contributed by atoms with Crippen LogP contribution in [-0.2, 0) is 0 Å². The van der Waals surface area contributed by atoms with Gasteiger partial charge in [0.1, 0.15) is 0 Å². The molecule has 0 fully saturated rings. The van der Waals surface area contributed by atoms with Crippen molar-refractivity contribution in [2.75, 3.05) is 0 Å². The minimum absolute atomic E-state index is 1.25. The minimum Gasteiger partial charge on any atom is -0.0622 e. The average Bonchev–Trinajstić information content (AvgIpc) is 3.15. The van der Waals surface area contributed by atoms with Crippen molar-refractivity contribution in [3.05, 3.63) is 170 Å². The third-order valence-electron chi connectivity index (χ3n) is 10.8. The lowest BCUT2D eigenvalue weighted by atomic mass is 9.82. The van der Waals surface area contributed by atoms with Crippen molar-refractivity contribution in [2.24, 2.45) is 0 Å². The summed E-state index contributed by atoms with van der Waals surface area (Å²) in [5.74, 6) is 0. The van der Waals surface area contributed by atoms with Crippen LogP contribution in [0, 0.1) is 0 Å². The largest absolute Gasteiger partial charge is 0.0622 e. The molecule has 0 aliphatic heterocycles. The summed E-state index contributed by atoms with van der Waals surface area (Å²) >= 11 is 0. The van der Waals surface area contributed by atoms with Gasteiger partial charge in [0.25, 0.3) is 0 Å². The molecule has 11 aromatic rings. The van der Waals surface area contributed by atoms with Crippen LogP contribution in [0.3, 0.4) is 0 Å². The summed E-state index contributed by atoms with van der Waals surface area (Å²) in [5, 5.41) is 20.8. The van der Waals surface area contributed by atoms with Crippen LogP contribution in [-0.4, -0.2) is 0 Å². The smallest absolute Gasteiger partial charge is 0.00141 e. The fourth-order valence-corrected chi connectivity index (χ4v) is 8.83. The summed E-state index contributed by atoms with van der Waals surface area (Å²) in [6.07, 6.45) is 0. The highest BCUT2D eigenvalue weighted by Crippen LogP contribution is 2.49. The third-order valence-corrected chi connectivity index (χ3v) is 10.8. The van der Waals surface area contributed by atoms with E-state index in [-0.39, 0.29) is 0 Å². The van der Waals surface area contributed by atoms with Gasteiger partial charge in [0.05, 0.1) is 0 Å². The zero-order chi connectivity index (χ0) is 31.3. The lowest BCUT2D eigenvalue weighted by Crippen LogP contribution is -1.93. The normalized spacial score (nSPS) is 12.2. The third kappa shape index (κ3) is 3.39. The van der Waals surface area contributed by atoms with Crippen LogP contribution in [0.5, 0.6) is 0 Å². The molecule has 0 aromatic heterocycles. The van der Waals surface area contributed by atoms with Gasteiger partial charge in [-0.2, -0.15) is 0 Å². The Morgan fingerprint density at radius 3 is 1.15 bits per heavy atom. The van der Waals surface area contributed by atoms with Gasteiger partial charge in [0, 0.05) is 0 Å². The van der Waals surface area contributed by atoms with E-state index in [0.717, 1.165) is 0 Å². The second kappa shape index (κ2) is 9.64. The minimum atomic E-state index is 1.25. The second-order valence-corrected chi connectivity index (χ2v) is 13.1. The second-order valence-electron chi connectivity index (χ2n) is 13.1. The van der Waals surface area contributed by atoms with E-state index >= 15 is 0 Å². The van der Waals surface area contributed by atoms with Crippen molar-refractivity contribution in [3.8, 4) is 22.3 Å². The van der Waals surface area contributed by atoms with Crippen LogP contribution in [0.2, 0.25) is 0 Å². The molecule has 0 nitrogen and oxygen atoms in total. The first-order chi connectivity index (χ1) is 23.8. The van der Waals surface area contributed by atoms with E-state index in [1.807, 2.05) is 0 Å². The summed E-state index contributed by atoms with van der Waals surface area (Å²) in [6.45, 7) is 0. The van der Waals surface area contributed by atoms with Crippen molar-refractivity contribution in [1.82, 2.24) is 0 Å². The molecule has 0 heterocycles. The van der Waals surface area contributed by atoms with Crippen molar-refractivity contribution < 1.29 is 0 Å². The fourth-order valence-electron chi connectivity index (χ4n) is 8.83. The number of hydrogen-bond acceptors (Lipinski definition) is 0. The monoisotopic (exact) mass is 604 g/mol. The Labute approximate surface area is 277 Å². The zero-order valence-corrected chi connectivity index (χ0v) is 26.2. The van der Waals surface area contributed by atoms with Crippen molar-refractivity contribution >= 4 is 86.2 Å². The molecule has 0 atom stereocenters. The Hall–Kier alpha value is -6.24. The molecular weight excluding hydrogens is 577 g/mol. The van der Waals surface area contributed by atoms with Gasteiger partial charge in [-0.3, -0.25) is 0 Å². The molecule has 0 aliphatic carbocycles. The summed E-state index contributed by atoms with van der Waals surface area (Å²) in [6, 6.07) is 63.4. The molecule has 0 amide bonds. The van der Waals surface area contributed by atoms with Crippen LogP contribution in [0.25, 0.3) is 108 Å². The van der Waals surface area contributed by atoms with E-state index in [9.17, 15) is 0 Å². The van der Waals surface area contributed by atoms with E-state index in [1.54, 1.807) is 0 Å². The Bertz CT molecular complexity index is 3030. The van der Waals surface area contributed by atoms with Crippen LogP contribution in [0.15, 0.2) is 170 Å². The van der Waals surface area contributed by atoms with Crippen molar-refractivity contribution in [1.29, 1.82) is 0 Å². The Morgan fingerprint density at radius 1 is 0.208 bits per heavy atom.